The molecule has 1 amide bonds. The first-order chi connectivity index (χ1) is 9.43. The first-order valence-corrected chi connectivity index (χ1v) is 7.91. The van der Waals surface area contributed by atoms with Crippen LogP contribution in [0.15, 0.2) is 36.0 Å². The number of rotatable bonds is 7. The van der Waals surface area contributed by atoms with Gasteiger partial charge in [0.2, 0.25) is 5.91 Å². The number of thioether (sulfide) groups is 1. The molecule has 1 aliphatic rings. The van der Waals surface area contributed by atoms with Crippen LogP contribution in [0.2, 0.25) is 0 Å². The fraction of sp³-hybridized carbons (Fsp3) is 0.533. The number of nitrogens with two attached hydrogens (primary N) is 1. The fourth-order valence-corrected chi connectivity index (χ4v) is 2.41. The van der Waals surface area contributed by atoms with E-state index in [4.69, 9.17) is 11.5 Å². The number of carbonyl (C=O) groups is 1. The predicted molar refractivity (Wildman–Crippen MR) is 87.6 cm³/mol. The number of nitrogens with one attached hydrogen (secondary N) is 2. The molecule has 119 valence electrons. The van der Waals surface area contributed by atoms with Gasteiger partial charge in [-0.2, -0.15) is 11.8 Å². The third-order valence-corrected chi connectivity index (χ3v) is 3.99. The van der Waals surface area contributed by atoms with E-state index in [9.17, 15) is 4.79 Å². The van der Waals surface area contributed by atoms with Gasteiger partial charge in [-0.15, -0.1) is 6.04 Å². The smallest absolute Gasteiger partial charge is 0.673 e. The van der Waals surface area contributed by atoms with E-state index in [0.717, 1.165) is 5.57 Å². The summed E-state index contributed by atoms with van der Waals surface area (Å²) >= 11 is 1.45. The molecular weight excluding hydrogens is 371 g/mol. The van der Waals surface area contributed by atoms with Crippen LogP contribution in [0.25, 0.3) is 5.73 Å². The summed E-state index contributed by atoms with van der Waals surface area (Å²) in [5, 5.41) is 2.89. The quantitative estimate of drug-likeness (QED) is 0.649. The SMILES string of the molecule is CC1(C)C=CC=C(CNC(=O)CSC[C@H]([NH-])CN)C=C1.[Ru+]. The Bertz CT molecular complexity index is 419. The third kappa shape index (κ3) is 9.25. The molecule has 0 heterocycles. The molecule has 1 aliphatic carbocycles. The summed E-state index contributed by atoms with van der Waals surface area (Å²) < 4.78 is 0. The Labute approximate surface area is 144 Å². The number of carbonyl (C=O) groups excluding carboxylic acids is 1. The number of amides is 1. The van der Waals surface area contributed by atoms with Crippen molar-refractivity contribution in [2.75, 3.05) is 24.6 Å². The maximum atomic E-state index is 11.7. The zero-order chi connectivity index (χ0) is 15.0. The van der Waals surface area contributed by atoms with Crippen molar-refractivity contribution in [1.29, 1.82) is 0 Å². The molecule has 6 heteroatoms. The minimum absolute atomic E-state index is 0. The maximum Gasteiger partial charge on any atom is 1.00 e. The van der Waals surface area contributed by atoms with Crippen molar-refractivity contribution >= 4 is 17.7 Å². The van der Waals surface area contributed by atoms with Gasteiger partial charge < -0.3 is 16.8 Å². The van der Waals surface area contributed by atoms with Crippen LogP contribution in [0.3, 0.4) is 0 Å². The van der Waals surface area contributed by atoms with Gasteiger partial charge >= 0.3 is 19.5 Å². The van der Waals surface area contributed by atoms with Crippen LogP contribution in [-0.4, -0.2) is 36.5 Å². The summed E-state index contributed by atoms with van der Waals surface area (Å²) in [6, 6.07) is -0.285. The Morgan fingerprint density at radius 2 is 2.19 bits per heavy atom. The topological polar surface area (TPSA) is 78.9 Å². The van der Waals surface area contributed by atoms with Gasteiger partial charge in [-0.3, -0.25) is 4.79 Å². The molecular formula is C15H24N3ORuS. The molecule has 4 N–H and O–H groups in total. The van der Waals surface area contributed by atoms with E-state index in [1.165, 1.54) is 11.8 Å². The molecule has 0 bridgehead atoms. The summed E-state index contributed by atoms with van der Waals surface area (Å²) in [6.45, 7) is 5.16. The van der Waals surface area contributed by atoms with E-state index in [2.05, 4.69) is 37.4 Å². The monoisotopic (exact) mass is 396 g/mol. The van der Waals surface area contributed by atoms with Crippen LogP contribution in [0.5, 0.6) is 0 Å². The van der Waals surface area contributed by atoms with Crippen LogP contribution in [0, 0.1) is 5.41 Å². The number of allylic oxidation sites excluding steroid dienone is 4. The molecule has 0 saturated carbocycles. The van der Waals surface area contributed by atoms with Crippen LogP contribution in [-0.2, 0) is 24.3 Å². The molecule has 0 aliphatic heterocycles. The molecule has 0 saturated heterocycles. The van der Waals surface area contributed by atoms with Crippen molar-refractivity contribution in [3.63, 3.8) is 0 Å². The maximum absolute atomic E-state index is 11.7. The van der Waals surface area contributed by atoms with E-state index in [1.807, 2.05) is 12.2 Å². The van der Waals surface area contributed by atoms with Gasteiger partial charge in [-0.05, 0) is 17.9 Å². The van der Waals surface area contributed by atoms with Crippen LogP contribution < -0.4 is 11.1 Å². The van der Waals surface area contributed by atoms with Crippen molar-refractivity contribution < 1.29 is 24.3 Å². The molecule has 1 rings (SSSR count). The molecule has 0 unspecified atom stereocenters. The molecule has 1 radical (unpaired) electrons. The minimum atomic E-state index is -0.285. The summed E-state index contributed by atoms with van der Waals surface area (Å²) in [7, 11) is 0. The Morgan fingerprint density at radius 1 is 1.48 bits per heavy atom. The van der Waals surface area contributed by atoms with E-state index >= 15 is 0 Å². The van der Waals surface area contributed by atoms with Crippen LogP contribution in [0.4, 0.5) is 0 Å². The molecule has 0 fully saturated rings. The average molecular weight is 396 g/mol. The molecule has 1 atom stereocenters. The zero-order valence-corrected chi connectivity index (χ0v) is 15.1. The van der Waals surface area contributed by atoms with E-state index in [0.29, 0.717) is 24.6 Å². The Hall–Kier alpha value is -0.417. The van der Waals surface area contributed by atoms with Crippen LogP contribution >= 0.6 is 11.8 Å². The summed E-state index contributed by atoms with van der Waals surface area (Å²) in [5.74, 6) is 0.984. The summed E-state index contributed by atoms with van der Waals surface area (Å²) in [5.41, 5.74) is 14.0. The summed E-state index contributed by atoms with van der Waals surface area (Å²) in [4.78, 5) is 11.7. The summed E-state index contributed by atoms with van der Waals surface area (Å²) in [6.07, 6.45) is 10.4. The first-order valence-electron chi connectivity index (χ1n) is 6.76. The van der Waals surface area contributed by atoms with Gasteiger partial charge in [0, 0.05) is 12.0 Å². The second kappa shape index (κ2) is 10.3. The molecule has 0 aromatic heterocycles. The van der Waals surface area contributed by atoms with Crippen molar-refractivity contribution in [3.05, 3.63) is 41.7 Å². The van der Waals surface area contributed by atoms with Gasteiger partial charge in [-0.1, -0.05) is 44.2 Å². The van der Waals surface area contributed by atoms with Gasteiger partial charge in [0.15, 0.2) is 0 Å². The third-order valence-electron chi connectivity index (χ3n) is 2.89. The van der Waals surface area contributed by atoms with Gasteiger partial charge in [0.1, 0.15) is 0 Å². The second-order valence-corrected chi connectivity index (χ2v) is 6.51. The molecule has 0 aromatic rings. The van der Waals surface area contributed by atoms with E-state index in [-0.39, 0.29) is 36.8 Å². The first kappa shape index (κ1) is 20.6. The van der Waals surface area contributed by atoms with Gasteiger partial charge in [0.25, 0.3) is 0 Å². The molecule has 0 spiro atoms. The molecule has 4 nitrogen and oxygen atoms in total. The Morgan fingerprint density at radius 3 is 2.86 bits per heavy atom. The largest absolute Gasteiger partial charge is 1.00 e. The Balaban J connectivity index is 0.00000400. The number of hydrogen-bond donors (Lipinski definition) is 2. The van der Waals surface area contributed by atoms with Gasteiger partial charge in [0.05, 0.1) is 5.75 Å². The Kier molecular flexibility index (Phi) is 10.1. The van der Waals surface area contributed by atoms with Crippen molar-refractivity contribution in [2.45, 2.75) is 19.9 Å². The van der Waals surface area contributed by atoms with Gasteiger partial charge in [-0.25, -0.2) is 0 Å². The van der Waals surface area contributed by atoms with Crippen molar-refractivity contribution in [1.82, 2.24) is 5.32 Å². The minimum Gasteiger partial charge on any atom is -0.673 e. The number of hydrogen-bond acceptors (Lipinski definition) is 3. The van der Waals surface area contributed by atoms with Crippen molar-refractivity contribution in [3.8, 4) is 0 Å². The molecule has 21 heavy (non-hydrogen) atoms. The molecule has 0 aromatic carbocycles. The predicted octanol–water partition coefficient (Wildman–Crippen LogP) is 2.29. The van der Waals surface area contributed by atoms with E-state index < -0.39 is 0 Å². The second-order valence-electron chi connectivity index (χ2n) is 5.48. The normalized spacial score (nSPS) is 17.4. The van der Waals surface area contributed by atoms with E-state index in [1.54, 1.807) is 0 Å². The van der Waals surface area contributed by atoms with Crippen molar-refractivity contribution in [2.24, 2.45) is 11.1 Å². The average Bonchev–Trinajstić information content (AvgIpc) is 2.57. The standard InChI is InChI=1S/C15H24N3OS.Ru/c1-15(2)6-3-4-12(5-7-15)9-18-14(19)11-20-10-13(17)8-16;/h3-7,13,17H,8-11,16H2,1-2H3,(H,18,19);/q-1;+1/t13-;/m1./s1. The zero-order valence-electron chi connectivity index (χ0n) is 12.5. The fourth-order valence-electron chi connectivity index (χ4n) is 1.58. The van der Waals surface area contributed by atoms with Crippen LogP contribution in [0.1, 0.15) is 13.8 Å².